The van der Waals surface area contributed by atoms with Crippen LogP contribution in [0.25, 0.3) is 0 Å². The second-order valence-electron chi connectivity index (χ2n) is 6.51. The molecule has 23 heavy (non-hydrogen) atoms. The van der Waals surface area contributed by atoms with E-state index in [1.54, 1.807) is 11.9 Å². The van der Waals surface area contributed by atoms with Crippen LogP contribution in [0.2, 0.25) is 0 Å². The number of amides is 2. The van der Waals surface area contributed by atoms with Gasteiger partial charge >= 0.3 is 0 Å². The molecule has 0 saturated carbocycles. The molecule has 2 atom stereocenters. The molecule has 0 unspecified atom stereocenters. The van der Waals surface area contributed by atoms with Gasteiger partial charge in [-0.3, -0.25) is 9.59 Å². The second kappa shape index (κ2) is 7.13. The fraction of sp³-hybridized carbons (Fsp3) is 0.556. The van der Waals surface area contributed by atoms with Gasteiger partial charge in [0.15, 0.2) is 0 Å². The van der Waals surface area contributed by atoms with E-state index in [-0.39, 0.29) is 23.8 Å². The first kappa shape index (κ1) is 16.0. The van der Waals surface area contributed by atoms with Crippen molar-refractivity contribution in [1.29, 1.82) is 0 Å². The summed E-state index contributed by atoms with van der Waals surface area (Å²) in [5, 5.41) is 0. The Kier molecular flexibility index (Phi) is 4.96. The summed E-state index contributed by atoms with van der Waals surface area (Å²) < 4.78 is 5.70. The zero-order valence-electron chi connectivity index (χ0n) is 13.6. The van der Waals surface area contributed by atoms with Crippen LogP contribution in [0.15, 0.2) is 30.3 Å². The SMILES string of the molecule is CN1C[C@H](C(=O)N(Cc2ccccc2)C[C@@H]2CCCO2)CC1=O. The number of benzene rings is 1. The molecule has 0 radical (unpaired) electrons. The minimum Gasteiger partial charge on any atom is -0.376 e. The number of nitrogens with zero attached hydrogens (tertiary/aromatic N) is 2. The molecular formula is C18H24N2O3. The Morgan fingerprint density at radius 2 is 2.13 bits per heavy atom. The van der Waals surface area contributed by atoms with Gasteiger partial charge in [0, 0.05) is 39.7 Å². The average molecular weight is 316 g/mol. The molecule has 5 heteroatoms. The van der Waals surface area contributed by atoms with Crippen LogP contribution >= 0.6 is 0 Å². The average Bonchev–Trinajstić information content (AvgIpc) is 3.17. The van der Waals surface area contributed by atoms with E-state index in [0.29, 0.717) is 26.1 Å². The van der Waals surface area contributed by atoms with E-state index in [2.05, 4.69) is 0 Å². The van der Waals surface area contributed by atoms with Crippen molar-refractivity contribution in [3.63, 3.8) is 0 Å². The van der Waals surface area contributed by atoms with Crippen LogP contribution in [0.5, 0.6) is 0 Å². The first-order chi connectivity index (χ1) is 11.1. The predicted molar refractivity (Wildman–Crippen MR) is 86.6 cm³/mol. The highest BCUT2D eigenvalue weighted by molar-refractivity contribution is 5.89. The summed E-state index contributed by atoms with van der Waals surface area (Å²) in [5.41, 5.74) is 1.11. The van der Waals surface area contributed by atoms with Gasteiger partial charge in [0.05, 0.1) is 12.0 Å². The van der Waals surface area contributed by atoms with Crippen LogP contribution in [0, 0.1) is 5.92 Å². The summed E-state index contributed by atoms with van der Waals surface area (Å²) in [4.78, 5) is 28.2. The Morgan fingerprint density at radius 1 is 1.35 bits per heavy atom. The summed E-state index contributed by atoms with van der Waals surface area (Å²) >= 11 is 0. The lowest BCUT2D eigenvalue weighted by Crippen LogP contribution is -2.41. The van der Waals surface area contributed by atoms with Crippen molar-refractivity contribution in [1.82, 2.24) is 9.80 Å². The van der Waals surface area contributed by atoms with Gasteiger partial charge in [-0.2, -0.15) is 0 Å². The Morgan fingerprint density at radius 3 is 2.74 bits per heavy atom. The summed E-state index contributed by atoms with van der Waals surface area (Å²) in [5.74, 6) is -0.0974. The van der Waals surface area contributed by atoms with Crippen LogP contribution in [-0.4, -0.2) is 54.5 Å². The lowest BCUT2D eigenvalue weighted by Gasteiger charge is -2.28. The second-order valence-corrected chi connectivity index (χ2v) is 6.51. The first-order valence-corrected chi connectivity index (χ1v) is 8.32. The Balaban J connectivity index is 1.71. The Hall–Kier alpha value is -1.88. The number of hydrogen-bond acceptors (Lipinski definition) is 3. The molecule has 5 nitrogen and oxygen atoms in total. The fourth-order valence-corrected chi connectivity index (χ4v) is 3.36. The van der Waals surface area contributed by atoms with Crippen LogP contribution in [-0.2, 0) is 20.9 Å². The summed E-state index contributed by atoms with van der Waals surface area (Å²) in [6.45, 7) is 2.49. The van der Waals surface area contributed by atoms with E-state index >= 15 is 0 Å². The molecule has 0 aliphatic carbocycles. The Labute approximate surface area is 137 Å². The number of hydrogen-bond donors (Lipinski definition) is 0. The van der Waals surface area contributed by atoms with Crippen molar-refractivity contribution in [2.75, 3.05) is 26.7 Å². The molecule has 0 bridgehead atoms. The van der Waals surface area contributed by atoms with Gasteiger partial charge in [0.1, 0.15) is 0 Å². The van der Waals surface area contributed by atoms with Crippen LogP contribution in [0.3, 0.4) is 0 Å². The minimum absolute atomic E-state index is 0.0557. The smallest absolute Gasteiger partial charge is 0.228 e. The Bertz CT molecular complexity index is 555. The van der Waals surface area contributed by atoms with E-state index in [1.807, 2.05) is 35.2 Å². The largest absolute Gasteiger partial charge is 0.376 e. The molecule has 2 aliphatic heterocycles. The molecule has 3 rings (SSSR count). The van der Waals surface area contributed by atoms with Gasteiger partial charge in [0.2, 0.25) is 11.8 Å². The molecule has 0 spiro atoms. The maximum Gasteiger partial charge on any atom is 0.228 e. The normalized spacial score (nSPS) is 24.2. The summed E-state index contributed by atoms with van der Waals surface area (Å²) in [6, 6.07) is 10.00. The molecule has 2 aliphatic rings. The molecule has 2 saturated heterocycles. The highest BCUT2D eigenvalue weighted by Crippen LogP contribution is 2.22. The molecule has 1 aromatic carbocycles. The number of carbonyl (C=O) groups excluding carboxylic acids is 2. The molecule has 0 aromatic heterocycles. The lowest BCUT2D eigenvalue weighted by molar-refractivity contribution is -0.138. The molecule has 124 valence electrons. The van der Waals surface area contributed by atoms with E-state index in [4.69, 9.17) is 4.74 Å². The maximum absolute atomic E-state index is 12.9. The van der Waals surface area contributed by atoms with Crippen molar-refractivity contribution in [3.05, 3.63) is 35.9 Å². The fourth-order valence-electron chi connectivity index (χ4n) is 3.36. The first-order valence-electron chi connectivity index (χ1n) is 8.32. The predicted octanol–water partition coefficient (Wildman–Crippen LogP) is 1.67. The van der Waals surface area contributed by atoms with Crippen molar-refractivity contribution >= 4 is 11.8 Å². The zero-order chi connectivity index (χ0) is 16.2. The van der Waals surface area contributed by atoms with Crippen LogP contribution in [0.1, 0.15) is 24.8 Å². The van der Waals surface area contributed by atoms with Crippen LogP contribution in [0.4, 0.5) is 0 Å². The molecule has 0 N–H and O–H groups in total. The molecule has 2 amide bonds. The van der Waals surface area contributed by atoms with Crippen molar-refractivity contribution in [2.24, 2.45) is 5.92 Å². The summed E-state index contributed by atoms with van der Waals surface area (Å²) in [7, 11) is 1.76. The molecule has 1 aromatic rings. The van der Waals surface area contributed by atoms with E-state index < -0.39 is 0 Å². The third-order valence-electron chi connectivity index (χ3n) is 4.67. The maximum atomic E-state index is 12.9. The van der Waals surface area contributed by atoms with Gasteiger partial charge in [-0.25, -0.2) is 0 Å². The highest BCUT2D eigenvalue weighted by Gasteiger charge is 2.35. The van der Waals surface area contributed by atoms with Gasteiger partial charge in [-0.1, -0.05) is 30.3 Å². The summed E-state index contributed by atoms with van der Waals surface area (Å²) in [6.07, 6.45) is 2.51. The van der Waals surface area contributed by atoms with Crippen LogP contribution < -0.4 is 0 Å². The third-order valence-corrected chi connectivity index (χ3v) is 4.67. The van der Waals surface area contributed by atoms with Gasteiger partial charge in [-0.15, -0.1) is 0 Å². The number of likely N-dealkylation sites (tertiary alicyclic amines) is 1. The molecule has 2 heterocycles. The van der Waals surface area contributed by atoms with E-state index in [1.165, 1.54) is 0 Å². The molecular weight excluding hydrogens is 292 g/mol. The van der Waals surface area contributed by atoms with Gasteiger partial charge in [0.25, 0.3) is 0 Å². The standard InChI is InChI=1S/C18H24N2O3/c1-19-12-15(10-17(19)21)18(22)20(13-16-8-5-9-23-16)11-14-6-3-2-4-7-14/h2-4,6-7,15-16H,5,8-13H2,1H3/t15-,16+/m1/s1. The third kappa shape index (κ3) is 3.91. The quantitative estimate of drug-likeness (QED) is 0.830. The van der Waals surface area contributed by atoms with Crippen molar-refractivity contribution in [3.8, 4) is 0 Å². The monoisotopic (exact) mass is 316 g/mol. The van der Waals surface area contributed by atoms with Gasteiger partial charge < -0.3 is 14.5 Å². The van der Waals surface area contributed by atoms with Crippen molar-refractivity contribution < 1.29 is 14.3 Å². The minimum atomic E-state index is -0.224. The number of ether oxygens (including phenoxy) is 1. The topological polar surface area (TPSA) is 49.9 Å². The zero-order valence-corrected chi connectivity index (χ0v) is 13.6. The van der Waals surface area contributed by atoms with Crippen molar-refractivity contribution in [2.45, 2.75) is 31.9 Å². The number of carbonyl (C=O) groups is 2. The number of rotatable bonds is 5. The van der Waals surface area contributed by atoms with E-state index in [9.17, 15) is 9.59 Å². The highest BCUT2D eigenvalue weighted by atomic mass is 16.5. The molecule has 2 fully saturated rings. The lowest BCUT2D eigenvalue weighted by atomic mass is 10.1. The van der Waals surface area contributed by atoms with Gasteiger partial charge in [-0.05, 0) is 18.4 Å². The van der Waals surface area contributed by atoms with E-state index in [0.717, 1.165) is 25.0 Å².